The van der Waals surface area contributed by atoms with Crippen LogP contribution in [0.1, 0.15) is 12.0 Å². The molecule has 2 fully saturated rings. The van der Waals surface area contributed by atoms with Crippen molar-refractivity contribution in [3.63, 3.8) is 0 Å². The SMILES string of the molecule is [C-]#[N+]C[C@H]1CN(C2=C(C#N)C(OC[C@@H]3C[C@@H](F)CN3C)=NC3C=C(c4cccc5cccc(Cl)c45)C=CC23)CCN1C(=O)C(=C)F. The maximum Gasteiger partial charge on any atom is 0.282 e. The monoisotopic (exact) mass is 642 g/mol. The zero-order valence-electron chi connectivity index (χ0n) is 25.4. The zero-order valence-corrected chi connectivity index (χ0v) is 26.1. The van der Waals surface area contributed by atoms with Crippen molar-refractivity contribution in [3.05, 3.63) is 100 Å². The van der Waals surface area contributed by atoms with Crippen LogP contribution in [-0.4, -0.2) is 97.2 Å². The van der Waals surface area contributed by atoms with Crippen LogP contribution in [0.25, 0.3) is 21.2 Å². The molecular weight excluding hydrogens is 610 g/mol. The molecule has 4 aliphatic rings. The normalized spacial score (nSPS) is 26.3. The fraction of sp³-hybridized carbons (Fsp3) is 0.371. The number of carbonyl (C=O) groups excluding carboxylic acids is 1. The predicted octanol–water partition coefficient (Wildman–Crippen LogP) is 5.60. The minimum atomic E-state index is -1.07. The topological polar surface area (TPSA) is 76.5 Å². The Labute approximate surface area is 272 Å². The second-order valence-corrected chi connectivity index (χ2v) is 12.4. The van der Waals surface area contributed by atoms with Gasteiger partial charge in [-0.3, -0.25) is 9.69 Å². The number of amides is 1. The summed E-state index contributed by atoms with van der Waals surface area (Å²) in [4.78, 5) is 26.3. The number of piperazine rings is 1. The van der Waals surface area contributed by atoms with E-state index in [1.807, 2.05) is 71.5 Å². The summed E-state index contributed by atoms with van der Waals surface area (Å²) < 4.78 is 34.3. The number of ether oxygens (including phenoxy) is 1. The number of alkyl halides is 1. The van der Waals surface area contributed by atoms with E-state index in [9.17, 15) is 18.8 Å². The lowest BCUT2D eigenvalue weighted by Gasteiger charge is -2.44. The van der Waals surface area contributed by atoms with E-state index >= 15 is 0 Å². The molecule has 1 aliphatic carbocycles. The summed E-state index contributed by atoms with van der Waals surface area (Å²) in [5.74, 6) is -2.07. The van der Waals surface area contributed by atoms with Gasteiger partial charge in [-0.15, -0.1) is 0 Å². The largest absolute Gasteiger partial charge is 0.475 e. The lowest BCUT2D eigenvalue weighted by Crippen LogP contribution is -2.57. The Hall–Kier alpha value is -4.51. The van der Waals surface area contributed by atoms with Crippen LogP contribution >= 0.6 is 11.6 Å². The molecule has 0 spiro atoms. The molecule has 1 amide bonds. The van der Waals surface area contributed by atoms with Gasteiger partial charge in [-0.2, -0.15) is 5.26 Å². The minimum Gasteiger partial charge on any atom is -0.475 e. The molecule has 2 aromatic carbocycles. The number of nitriles is 1. The van der Waals surface area contributed by atoms with Gasteiger partial charge in [0.25, 0.3) is 5.91 Å². The third-order valence-electron chi connectivity index (χ3n) is 9.20. The number of nitrogens with zero attached hydrogens (tertiary/aromatic N) is 6. The summed E-state index contributed by atoms with van der Waals surface area (Å²) in [6, 6.07) is 12.9. The van der Waals surface area contributed by atoms with Crippen molar-refractivity contribution in [1.82, 2.24) is 14.7 Å². The van der Waals surface area contributed by atoms with Crippen molar-refractivity contribution in [2.24, 2.45) is 10.9 Å². The fourth-order valence-electron chi connectivity index (χ4n) is 6.95. The van der Waals surface area contributed by atoms with Crippen LogP contribution in [-0.2, 0) is 9.53 Å². The van der Waals surface area contributed by atoms with E-state index in [2.05, 4.69) is 17.5 Å². The number of likely N-dealkylation sites (tertiary alicyclic amines) is 1. The highest BCUT2D eigenvalue weighted by atomic mass is 35.5. The summed E-state index contributed by atoms with van der Waals surface area (Å²) in [5.41, 5.74) is 2.79. The van der Waals surface area contributed by atoms with Crippen molar-refractivity contribution in [1.29, 1.82) is 5.26 Å². The molecule has 0 aromatic heterocycles. The highest BCUT2D eigenvalue weighted by Gasteiger charge is 2.42. The lowest BCUT2D eigenvalue weighted by molar-refractivity contribution is -0.132. The Morgan fingerprint density at radius 2 is 2.02 bits per heavy atom. The van der Waals surface area contributed by atoms with Gasteiger partial charge >= 0.3 is 0 Å². The maximum atomic E-state index is 14.1. The Kier molecular flexibility index (Phi) is 8.95. The van der Waals surface area contributed by atoms with Gasteiger partial charge in [0.1, 0.15) is 30.5 Å². The number of fused-ring (bicyclic) bond motifs is 2. The number of allylic oxidation sites excluding steroid dienone is 2. The van der Waals surface area contributed by atoms with Gasteiger partial charge in [0, 0.05) is 54.2 Å². The summed E-state index contributed by atoms with van der Waals surface area (Å²) in [6.45, 7) is 11.8. The molecule has 2 unspecified atom stereocenters. The van der Waals surface area contributed by atoms with E-state index in [0.29, 0.717) is 30.2 Å². The predicted molar refractivity (Wildman–Crippen MR) is 174 cm³/mol. The van der Waals surface area contributed by atoms with Crippen LogP contribution in [0.2, 0.25) is 5.02 Å². The average Bonchev–Trinajstić information content (AvgIpc) is 3.38. The van der Waals surface area contributed by atoms with Crippen molar-refractivity contribution >= 4 is 39.8 Å². The molecule has 6 rings (SSSR count). The van der Waals surface area contributed by atoms with Gasteiger partial charge in [-0.25, -0.2) is 20.3 Å². The number of likely N-dealkylation sites (N-methyl/N-ethyl adjacent to an activating group) is 1. The van der Waals surface area contributed by atoms with E-state index < -0.39 is 30.0 Å². The van der Waals surface area contributed by atoms with Crippen LogP contribution in [0.5, 0.6) is 0 Å². The van der Waals surface area contributed by atoms with E-state index in [-0.39, 0.29) is 49.7 Å². The van der Waals surface area contributed by atoms with Crippen LogP contribution in [0.15, 0.2) is 83.3 Å². The van der Waals surface area contributed by atoms with Crippen molar-refractivity contribution in [2.45, 2.75) is 30.7 Å². The van der Waals surface area contributed by atoms with Crippen molar-refractivity contribution < 1.29 is 18.3 Å². The standard InChI is InChI=1S/C35H33ClF2N6O2/c1-21(37)35(45)44-13-12-43(19-26(44)17-40-2)33-28-11-10-23(27-8-4-6-22-7-5-9-30(36)32(22)27)14-31(28)41-34(29(33)16-39)46-20-25-15-24(38)18-42(25)3/h4-11,14,24-26,28,31H,1,12-13,15,17-20H2,3H3/t24-,25+,26+,28?,31?/m1/s1. The quantitative estimate of drug-likeness (QED) is 0.303. The van der Waals surface area contributed by atoms with Gasteiger partial charge in [-0.05, 0) is 36.1 Å². The third kappa shape index (κ3) is 5.91. The first-order valence-electron chi connectivity index (χ1n) is 15.2. The van der Waals surface area contributed by atoms with E-state index in [1.165, 1.54) is 4.90 Å². The number of carbonyl (C=O) groups is 1. The highest BCUT2D eigenvalue weighted by Crippen LogP contribution is 2.40. The van der Waals surface area contributed by atoms with E-state index in [1.54, 1.807) is 0 Å². The highest BCUT2D eigenvalue weighted by molar-refractivity contribution is 6.36. The first-order chi connectivity index (χ1) is 22.2. The Bertz CT molecular complexity index is 1780. The Morgan fingerprint density at radius 3 is 2.72 bits per heavy atom. The van der Waals surface area contributed by atoms with Crippen molar-refractivity contribution in [2.75, 3.05) is 46.4 Å². The molecule has 3 heterocycles. The number of rotatable bonds is 6. The average molecular weight is 643 g/mol. The summed E-state index contributed by atoms with van der Waals surface area (Å²) in [7, 11) is 1.85. The molecule has 0 bridgehead atoms. The number of benzene rings is 2. The van der Waals surface area contributed by atoms with Gasteiger partial charge in [-0.1, -0.05) is 66.7 Å². The van der Waals surface area contributed by atoms with E-state index in [0.717, 1.165) is 21.9 Å². The molecule has 11 heteroatoms. The minimum absolute atomic E-state index is 0.0314. The molecule has 0 radical (unpaired) electrons. The van der Waals surface area contributed by atoms with E-state index in [4.69, 9.17) is 27.9 Å². The van der Waals surface area contributed by atoms with Crippen LogP contribution < -0.4 is 0 Å². The Balaban J connectivity index is 1.39. The molecule has 3 aliphatic heterocycles. The maximum absolute atomic E-state index is 14.1. The summed E-state index contributed by atoms with van der Waals surface area (Å²) >= 11 is 6.67. The van der Waals surface area contributed by atoms with Crippen LogP contribution in [0, 0.1) is 23.8 Å². The van der Waals surface area contributed by atoms with Gasteiger partial charge < -0.3 is 19.4 Å². The second kappa shape index (κ2) is 13.1. The third-order valence-corrected chi connectivity index (χ3v) is 9.51. The molecule has 2 aromatic rings. The molecule has 2 saturated heterocycles. The first kappa shape index (κ1) is 31.5. The molecule has 236 valence electrons. The fourth-order valence-corrected chi connectivity index (χ4v) is 7.23. The lowest BCUT2D eigenvalue weighted by atomic mass is 9.82. The molecule has 0 saturated carbocycles. The number of aliphatic imine (C=N–C) groups is 1. The smallest absolute Gasteiger partial charge is 0.282 e. The van der Waals surface area contributed by atoms with Crippen LogP contribution in [0.3, 0.4) is 0 Å². The van der Waals surface area contributed by atoms with Crippen molar-refractivity contribution in [3.8, 4) is 6.07 Å². The summed E-state index contributed by atoms with van der Waals surface area (Å²) in [5, 5.41) is 13.1. The van der Waals surface area contributed by atoms with Gasteiger partial charge in [0.2, 0.25) is 12.4 Å². The molecule has 8 nitrogen and oxygen atoms in total. The Morgan fingerprint density at radius 1 is 1.24 bits per heavy atom. The zero-order chi connectivity index (χ0) is 32.5. The van der Waals surface area contributed by atoms with Crippen LogP contribution in [0.4, 0.5) is 8.78 Å². The second-order valence-electron chi connectivity index (χ2n) is 12.0. The first-order valence-corrected chi connectivity index (χ1v) is 15.6. The molecule has 46 heavy (non-hydrogen) atoms. The number of hydrogen-bond acceptors (Lipinski definition) is 6. The van der Waals surface area contributed by atoms with Gasteiger partial charge in [0.15, 0.2) is 5.83 Å². The number of hydrogen-bond donors (Lipinski definition) is 0. The van der Waals surface area contributed by atoms with Gasteiger partial charge in [0.05, 0.1) is 6.04 Å². The molecular formula is C35H33ClF2N6O2. The number of dihydropyridines is 1. The summed E-state index contributed by atoms with van der Waals surface area (Å²) in [6.07, 6.45) is 5.46. The number of halogens is 3. The molecule has 5 atom stereocenters. The molecule has 0 N–H and O–H groups in total.